The topological polar surface area (TPSA) is 220 Å². The molecule has 1 saturated heterocycles. The van der Waals surface area contributed by atoms with E-state index in [1.807, 2.05) is 7.05 Å². The Kier molecular flexibility index (Phi) is 13.7. The fourth-order valence-electron chi connectivity index (χ4n) is 7.92. The Morgan fingerprint density at radius 1 is 0.949 bits per heavy atom. The number of aromatic hydroxyl groups is 3. The summed E-state index contributed by atoms with van der Waals surface area (Å²) in [5.74, 6) is -8.34. The first-order chi connectivity index (χ1) is 27.7. The molecule has 0 saturated carbocycles. The molecule has 0 unspecified atom stereocenters. The number of aliphatic hydroxyl groups excluding tert-OH is 2. The lowest BCUT2D eigenvalue weighted by atomic mass is 9.78. The van der Waals surface area contributed by atoms with E-state index in [2.05, 4.69) is 15.3 Å². The molecule has 0 aromatic heterocycles. The number of carbonyl (C=O) groups excluding carboxylic acids is 3. The number of nitrogens with one attached hydrogen (secondary N) is 1. The van der Waals surface area contributed by atoms with Crippen molar-refractivity contribution in [2.45, 2.75) is 85.6 Å². The number of aliphatic hydroxyl groups is 2. The Bertz CT molecular complexity index is 2070. The van der Waals surface area contributed by atoms with E-state index in [1.165, 1.54) is 59.4 Å². The number of carbonyl (C=O) groups is 3. The number of esters is 1. The maximum absolute atomic E-state index is 14.4. The summed E-state index contributed by atoms with van der Waals surface area (Å²) in [5.41, 5.74) is -0.350. The summed E-state index contributed by atoms with van der Waals surface area (Å²) in [6, 6.07) is 0. The molecule has 9 atom stereocenters. The molecule has 59 heavy (non-hydrogen) atoms. The number of ketones is 1. The van der Waals surface area contributed by atoms with Crippen molar-refractivity contribution in [2.75, 3.05) is 45.7 Å². The summed E-state index contributed by atoms with van der Waals surface area (Å²) >= 11 is 0. The SMILES string of the molecule is CO[C@H]1/C=C\O[C@]2(C)Oc3c(C)c(O)c4c(O)c(c(C=NN5CCN(C)CC5)c(O)c4c3C2=O)NC(=O)/C(C)=C\C=C/[C@H](C)[C@H](O)[C@@H](C)[C@@H](O)[C@@H](C)[C@H](OC(C)=O)[C@@H]1C. The Hall–Kier alpha value is -5.16. The van der Waals surface area contributed by atoms with Gasteiger partial charge in [0.1, 0.15) is 23.4 Å². The first-order valence-corrected chi connectivity index (χ1v) is 19.8. The molecule has 16 heteroatoms. The van der Waals surface area contributed by atoms with Gasteiger partial charge >= 0.3 is 11.8 Å². The predicted octanol–water partition coefficient (Wildman–Crippen LogP) is 4.34. The van der Waals surface area contributed by atoms with E-state index in [4.69, 9.17) is 18.9 Å². The lowest BCUT2D eigenvalue weighted by Crippen LogP contribution is -2.46. The third kappa shape index (κ3) is 8.91. The number of Topliss-reactive ketones (excluding diaryl/α,β-unsaturated/α-hetero) is 1. The van der Waals surface area contributed by atoms with Crippen LogP contribution in [-0.2, 0) is 23.8 Å². The van der Waals surface area contributed by atoms with Crippen LogP contribution in [0.1, 0.15) is 70.0 Å². The highest BCUT2D eigenvalue weighted by Crippen LogP contribution is 2.55. The van der Waals surface area contributed by atoms with Gasteiger partial charge in [0.15, 0.2) is 5.75 Å². The Balaban J connectivity index is 1.70. The van der Waals surface area contributed by atoms with Gasteiger partial charge < -0.3 is 54.7 Å². The molecular formula is C43H58N4O12. The van der Waals surface area contributed by atoms with Crippen molar-refractivity contribution in [1.82, 2.24) is 9.91 Å². The van der Waals surface area contributed by atoms with Crippen LogP contribution < -0.4 is 10.1 Å². The van der Waals surface area contributed by atoms with Crippen LogP contribution in [0.3, 0.4) is 0 Å². The van der Waals surface area contributed by atoms with E-state index < -0.39 is 88.8 Å². The van der Waals surface area contributed by atoms with Crippen LogP contribution in [0.5, 0.6) is 23.0 Å². The van der Waals surface area contributed by atoms with Crippen LogP contribution in [0.2, 0.25) is 0 Å². The van der Waals surface area contributed by atoms with Crippen molar-refractivity contribution in [2.24, 2.45) is 28.8 Å². The Labute approximate surface area is 344 Å². The van der Waals surface area contributed by atoms with E-state index in [1.54, 1.807) is 44.9 Å². The van der Waals surface area contributed by atoms with Gasteiger partial charge in [0.2, 0.25) is 0 Å². The molecule has 0 spiro atoms. The molecule has 6 rings (SSSR count). The summed E-state index contributed by atoms with van der Waals surface area (Å²) in [7, 11) is 3.42. The average Bonchev–Trinajstić information content (AvgIpc) is 3.46. The minimum Gasteiger partial charge on any atom is -0.507 e. The van der Waals surface area contributed by atoms with Crippen molar-refractivity contribution in [3.8, 4) is 23.0 Å². The molecule has 1 amide bonds. The second-order valence-corrected chi connectivity index (χ2v) is 16.1. The second-order valence-electron chi connectivity index (χ2n) is 16.1. The molecule has 5 bridgehead atoms. The molecule has 0 radical (unpaired) electrons. The molecule has 4 aliphatic heterocycles. The van der Waals surface area contributed by atoms with Gasteiger partial charge in [-0.3, -0.25) is 19.4 Å². The molecule has 4 heterocycles. The zero-order chi connectivity index (χ0) is 43.7. The van der Waals surface area contributed by atoms with E-state index in [9.17, 15) is 39.9 Å². The molecule has 16 nitrogen and oxygen atoms in total. The molecule has 0 aliphatic carbocycles. The highest BCUT2D eigenvalue weighted by atomic mass is 16.7. The lowest BCUT2D eigenvalue weighted by molar-refractivity contribution is -0.160. The normalized spacial score (nSPS) is 32.1. The number of piperazine rings is 1. The predicted molar refractivity (Wildman–Crippen MR) is 220 cm³/mol. The number of phenols is 3. The number of allylic oxidation sites excluding steroid dienone is 2. The van der Waals surface area contributed by atoms with Crippen LogP contribution >= 0.6 is 0 Å². The molecule has 2 aromatic rings. The van der Waals surface area contributed by atoms with Gasteiger partial charge in [-0.05, 0) is 27.0 Å². The van der Waals surface area contributed by atoms with E-state index in [0.717, 1.165) is 13.1 Å². The van der Waals surface area contributed by atoms with Crippen LogP contribution in [-0.4, -0.2) is 130 Å². The van der Waals surface area contributed by atoms with E-state index >= 15 is 0 Å². The summed E-state index contributed by atoms with van der Waals surface area (Å²) < 4.78 is 23.6. The van der Waals surface area contributed by atoms with Crippen LogP contribution in [0, 0.1) is 30.6 Å². The largest absolute Gasteiger partial charge is 0.507 e. The minimum atomic E-state index is -2.04. The van der Waals surface area contributed by atoms with E-state index in [0.29, 0.717) is 13.1 Å². The van der Waals surface area contributed by atoms with Gasteiger partial charge in [0, 0.05) is 87.3 Å². The second kappa shape index (κ2) is 18.0. The van der Waals surface area contributed by atoms with Gasteiger partial charge in [0.25, 0.3) is 11.7 Å². The van der Waals surface area contributed by atoms with E-state index in [-0.39, 0.29) is 44.5 Å². The number of hydrazone groups is 1. The number of amides is 1. The third-order valence-electron chi connectivity index (χ3n) is 11.9. The number of anilines is 1. The first kappa shape index (κ1) is 44.9. The third-order valence-corrected chi connectivity index (χ3v) is 11.9. The fourth-order valence-corrected chi connectivity index (χ4v) is 7.92. The highest BCUT2D eigenvalue weighted by Gasteiger charge is 2.50. The Morgan fingerprint density at radius 2 is 1.61 bits per heavy atom. The van der Waals surface area contributed by atoms with Gasteiger partial charge in [0.05, 0.1) is 53.0 Å². The number of methoxy groups -OCH3 is 1. The Morgan fingerprint density at radius 3 is 2.24 bits per heavy atom. The summed E-state index contributed by atoms with van der Waals surface area (Å²) in [6.45, 7) is 15.1. The standard InChI is InChI=1S/C43H58N4O12/c1-21-12-11-13-22(2)42(55)45-33-28(20-44-47-17-15-46(9)16-18-47)37(52)30-31(38(33)53)36(51)26(6)40-32(30)41(54)43(8,59-40)57-19-14-29(56-10)23(3)39(58-27(7)48)25(5)35(50)24(4)34(21)49/h11-14,19-21,23-25,29,34-35,39,49-53H,15-18H2,1-10H3,(H,45,55)/b12-11-,19-14-,22-13-,44-20?/t21-,23+,24+,25+,29-,34-,35+,39+,43+/m0/s1. The molecular weight excluding hydrogens is 764 g/mol. The maximum Gasteiger partial charge on any atom is 0.312 e. The van der Waals surface area contributed by atoms with Gasteiger partial charge in [-0.25, -0.2) is 0 Å². The number of phenolic OH excluding ortho intramolecular Hbond substituents is 3. The lowest BCUT2D eigenvalue weighted by Gasteiger charge is -2.38. The number of likely N-dealkylation sites (N-methyl/N-ethyl adjacent to an activating group) is 1. The number of benzene rings is 2. The molecule has 322 valence electrons. The smallest absolute Gasteiger partial charge is 0.312 e. The summed E-state index contributed by atoms with van der Waals surface area (Å²) in [5, 5.41) is 66.8. The maximum atomic E-state index is 14.4. The van der Waals surface area contributed by atoms with Crippen molar-refractivity contribution < 1.29 is 58.9 Å². The minimum absolute atomic E-state index is 0.0559. The average molecular weight is 823 g/mol. The monoisotopic (exact) mass is 822 g/mol. The van der Waals surface area contributed by atoms with Crippen LogP contribution in [0.25, 0.3) is 10.8 Å². The zero-order valence-corrected chi connectivity index (χ0v) is 35.3. The number of hydrogen-bond acceptors (Lipinski definition) is 15. The zero-order valence-electron chi connectivity index (χ0n) is 35.3. The summed E-state index contributed by atoms with van der Waals surface area (Å²) in [6.07, 6.45) is 4.86. The fraction of sp³-hybridized carbons (Fsp3) is 0.535. The molecule has 1 fully saturated rings. The summed E-state index contributed by atoms with van der Waals surface area (Å²) in [4.78, 5) is 42.6. The van der Waals surface area contributed by atoms with Crippen LogP contribution in [0.4, 0.5) is 5.69 Å². The number of ether oxygens (including phenoxy) is 4. The van der Waals surface area contributed by atoms with Crippen molar-refractivity contribution >= 4 is 40.3 Å². The quantitative estimate of drug-likeness (QED) is 0.109. The van der Waals surface area contributed by atoms with Crippen molar-refractivity contribution in [3.05, 3.63) is 52.8 Å². The van der Waals surface area contributed by atoms with Crippen molar-refractivity contribution in [1.29, 1.82) is 0 Å². The number of rotatable bonds is 4. The molecule has 4 aliphatic rings. The van der Waals surface area contributed by atoms with Gasteiger partial charge in [-0.15, -0.1) is 0 Å². The number of hydrogen-bond donors (Lipinski definition) is 6. The van der Waals surface area contributed by atoms with Gasteiger partial charge in [-0.1, -0.05) is 45.9 Å². The number of fused-ring (bicyclic) bond motifs is 14. The van der Waals surface area contributed by atoms with Crippen LogP contribution in [0.15, 0.2) is 41.2 Å². The highest BCUT2D eigenvalue weighted by molar-refractivity contribution is 6.23. The van der Waals surface area contributed by atoms with Crippen molar-refractivity contribution in [3.63, 3.8) is 0 Å². The molecule has 2 aromatic carbocycles. The van der Waals surface area contributed by atoms with Gasteiger partial charge in [-0.2, -0.15) is 5.10 Å². The molecule has 6 N–H and O–H groups in total. The number of nitrogens with zero attached hydrogens (tertiary/aromatic N) is 3. The first-order valence-electron chi connectivity index (χ1n) is 19.8.